The van der Waals surface area contributed by atoms with Crippen molar-refractivity contribution in [2.24, 2.45) is 0 Å². The molecule has 0 aliphatic heterocycles. The van der Waals surface area contributed by atoms with E-state index in [-0.39, 0.29) is 11.1 Å². The van der Waals surface area contributed by atoms with Crippen LogP contribution in [0.5, 0.6) is 0 Å². The predicted molar refractivity (Wildman–Crippen MR) is 87.0 cm³/mol. The zero-order chi connectivity index (χ0) is 14.5. The zero-order valence-electron chi connectivity index (χ0n) is 13.1. The summed E-state index contributed by atoms with van der Waals surface area (Å²) in [6, 6.07) is 10.6. The van der Waals surface area contributed by atoms with E-state index in [1.165, 1.54) is 5.56 Å². The largest absolute Gasteiger partial charge is 0.411 e. The van der Waals surface area contributed by atoms with Gasteiger partial charge in [-0.1, -0.05) is 57.2 Å². The molecule has 106 valence electrons. The second-order valence-electron chi connectivity index (χ2n) is 6.68. The minimum Gasteiger partial charge on any atom is -0.411 e. The highest BCUT2D eigenvalue weighted by molar-refractivity contribution is 6.74. The van der Waals surface area contributed by atoms with Crippen LogP contribution in [0.15, 0.2) is 43.0 Å². The Balaban J connectivity index is 2.58. The minimum absolute atomic E-state index is 0.168. The van der Waals surface area contributed by atoms with Gasteiger partial charge < -0.3 is 4.43 Å². The van der Waals surface area contributed by atoms with Gasteiger partial charge in [0.25, 0.3) is 0 Å². The fraction of sp³-hybridized carbons (Fsp3) is 0.529. The predicted octanol–water partition coefficient (Wildman–Crippen LogP) is 5.20. The van der Waals surface area contributed by atoms with Crippen LogP contribution in [0, 0.1) is 0 Å². The van der Waals surface area contributed by atoms with Crippen LogP contribution in [-0.2, 0) is 10.8 Å². The van der Waals surface area contributed by atoms with Crippen molar-refractivity contribution in [2.75, 3.05) is 0 Å². The van der Waals surface area contributed by atoms with Crippen molar-refractivity contribution in [1.82, 2.24) is 0 Å². The van der Waals surface area contributed by atoms with Crippen LogP contribution in [-0.4, -0.2) is 14.4 Å². The SMILES string of the molecule is C=C[C@@H](CCc1ccccc1)O[Si](C)(C)C(C)(C)C. The standard InChI is InChI=1S/C17H28OSi/c1-7-16(18-19(5,6)17(2,3)4)14-13-15-11-9-8-10-12-15/h7-12,16H,1,13-14H2,2-6H3/t16-/m0/s1. The topological polar surface area (TPSA) is 9.23 Å². The van der Waals surface area contributed by atoms with Crippen molar-refractivity contribution in [2.45, 2.75) is 57.8 Å². The van der Waals surface area contributed by atoms with Crippen LogP contribution in [0.25, 0.3) is 0 Å². The molecular formula is C17H28OSi. The molecular weight excluding hydrogens is 248 g/mol. The van der Waals surface area contributed by atoms with E-state index in [2.05, 4.69) is 70.8 Å². The van der Waals surface area contributed by atoms with Crippen LogP contribution in [0.4, 0.5) is 0 Å². The Hall–Kier alpha value is -0.863. The van der Waals surface area contributed by atoms with Gasteiger partial charge in [0, 0.05) is 0 Å². The maximum atomic E-state index is 6.39. The first-order valence-electron chi connectivity index (χ1n) is 7.10. The second kappa shape index (κ2) is 6.53. The fourth-order valence-corrected chi connectivity index (χ4v) is 3.06. The first-order valence-corrected chi connectivity index (χ1v) is 10.0. The molecule has 0 fully saturated rings. The zero-order valence-corrected chi connectivity index (χ0v) is 14.1. The normalized spacial score (nSPS) is 14.2. The third-order valence-electron chi connectivity index (χ3n) is 4.08. The van der Waals surface area contributed by atoms with Gasteiger partial charge in [0.05, 0.1) is 6.10 Å². The highest BCUT2D eigenvalue weighted by atomic mass is 28.4. The molecule has 0 amide bonds. The van der Waals surface area contributed by atoms with Gasteiger partial charge in [-0.15, -0.1) is 6.58 Å². The molecule has 0 radical (unpaired) electrons. The molecule has 2 heteroatoms. The summed E-state index contributed by atoms with van der Waals surface area (Å²) in [5.74, 6) is 0. The van der Waals surface area contributed by atoms with E-state index in [4.69, 9.17) is 4.43 Å². The summed E-state index contributed by atoms with van der Waals surface area (Å²) in [5, 5.41) is 0.251. The van der Waals surface area contributed by atoms with Crippen molar-refractivity contribution in [3.05, 3.63) is 48.6 Å². The van der Waals surface area contributed by atoms with Crippen molar-refractivity contribution in [3.63, 3.8) is 0 Å². The molecule has 0 aromatic heterocycles. The fourth-order valence-electron chi connectivity index (χ4n) is 1.73. The van der Waals surface area contributed by atoms with Crippen LogP contribution < -0.4 is 0 Å². The van der Waals surface area contributed by atoms with Gasteiger partial charge in [0.2, 0.25) is 0 Å². The van der Waals surface area contributed by atoms with Crippen molar-refractivity contribution < 1.29 is 4.43 Å². The smallest absolute Gasteiger partial charge is 0.192 e. The minimum atomic E-state index is -1.70. The maximum Gasteiger partial charge on any atom is 0.192 e. The van der Waals surface area contributed by atoms with Crippen LogP contribution in [0.3, 0.4) is 0 Å². The van der Waals surface area contributed by atoms with E-state index in [0.29, 0.717) is 0 Å². The second-order valence-corrected chi connectivity index (χ2v) is 11.4. The first-order chi connectivity index (χ1) is 8.76. The average molecular weight is 276 g/mol. The lowest BCUT2D eigenvalue weighted by Crippen LogP contribution is -2.43. The Labute approximate surface area is 119 Å². The molecule has 0 saturated heterocycles. The molecule has 1 aromatic carbocycles. The molecule has 0 N–H and O–H groups in total. The van der Waals surface area contributed by atoms with E-state index in [1.54, 1.807) is 0 Å². The number of rotatable bonds is 6. The lowest BCUT2D eigenvalue weighted by atomic mass is 10.1. The number of aryl methyl sites for hydroxylation is 1. The first kappa shape index (κ1) is 16.2. The highest BCUT2D eigenvalue weighted by Gasteiger charge is 2.38. The van der Waals surface area contributed by atoms with E-state index >= 15 is 0 Å². The summed E-state index contributed by atoms with van der Waals surface area (Å²) in [6.45, 7) is 15.4. The summed E-state index contributed by atoms with van der Waals surface area (Å²) < 4.78 is 6.39. The molecule has 0 saturated carbocycles. The molecule has 1 aromatic rings. The summed E-state index contributed by atoms with van der Waals surface area (Å²) in [7, 11) is -1.70. The van der Waals surface area contributed by atoms with Gasteiger partial charge in [-0.05, 0) is 36.5 Å². The quantitative estimate of drug-likeness (QED) is 0.513. The Bertz CT molecular complexity index is 389. The van der Waals surface area contributed by atoms with Crippen LogP contribution >= 0.6 is 0 Å². The molecule has 0 spiro atoms. The molecule has 19 heavy (non-hydrogen) atoms. The van der Waals surface area contributed by atoms with Gasteiger partial charge >= 0.3 is 0 Å². The molecule has 0 heterocycles. The van der Waals surface area contributed by atoms with Crippen molar-refractivity contribution in [3.8, 4) is 0 Å². The number of hydrogen-bond donors (Lipinski definition) is 0. The monoisotopic (exact) mass is 276 g/mol. The lowest BCUT2D eigenvalue weighted by Gasteiger charge is -2.38. The van der Waals surface area contributed by atoms with Gasteiger partial charge in [-0.2, -0.15) is 0 Å². The maximum absolute atomic E-state index is 6.39. The Morgan fingerprint density at radius 3 is 2.26 bits per heavy atom. The number of hydrogen-bond acceptors (Lipinski definition) is 1. The van der Waals surface area contributed by atoms with Crippen molar-refractivity contribution in [1.29, 1.82) is 0 Å². The average Bonchev–Trinajstić information content (AvgIpc) is 2.34. The molecule has 0 aliphatic carbocycles. The molecule has 0 aliphatic rings. The van der Waals surface area contributed by atoms with E-state index in [0.717, 1.165) is 12.8 Å². The van der Waals surface area contributed by atoms with E-state index in [9.17, 15) is 0 Å². The third kappa shape index (κ3) is 4.96. The van der Waals surface area contributed by atoms with Crippen molar-refractivity contribution >= 4 is 8.32 Å². The third-order valence-corrected chi connectivity index (χ3v) is 8.58. The van der Waals surface area contributed by atoms with Gasteiger partial charge in [-0.25, -0.2) is 0 Å². The summed E-state index contributed by atoms with van der Waals surface area (Å²) in [6.07, 6.45) is 4.19. The molecule has 0 bridgehead atoms. The Morgan fingerprint density at radius 1 is 1.21 bits per heavy atom. The van der Waals surface area contributed by atoms with Gasteiger partial charge in [0.15, 0.2) is 8.32 Å². The van der Waals surface area contributed by atoms with E-state index < -0.39 is 8.32 Å². The number of benzene rings is 1. The summed E-state index contributed by atoms with van der Waals surface area (Å²) in [5.41, 5.74) is 1.37. The molecule has 0 unspecified atom stereocenters. The molecule has 1 rings (SSSR count). The summed E-state index contributed by atoms with van der Waals surface area (Å²) in [4.78, 5) is 0. The lowest BCUT2D eigenvalue weighted by molar-refractivity contribution is 0.215. The van der Waals surface area contributed by atoms with Crippen LogP contribution in [0.2, 0.25) is 18.1 Å². The van der Waals surface area contributed by atoms with Crippen LogP contribution in [0.1, 0.15) is 32.8 Å². The molecule has 1 atom stereocenters. The van der Waals surface area contributed by atoms with Gasteiger partial charge in [-0.3, -0.25) is 0 Å². The Morgan fingerprint density at radius 2 is 1.79 bits per heavy atom. The Kier molecular flexibility index (Phi) is 5.57. The van der Waals surface area contributed by atoms with E-state index in [1.807, 2.05) is 6.08 Å². The molecule has 1 nitrogen and oxygen atoms in total. The summed E-state index contributed by atoms with van der Waals surface area (Å²) >= 11 is 0. The van der Waals surface area contributed by atoms with Gasteiger partial charge in [0.1, 0.15) is 0 Å². The highest BCUT2D eigenvalue weighted by Crippen LogP contribution is 2.37.